The predicted octanol–water partition coefficient (Wildman–Crippen LogP) is 3.57. The van der Waals surface area contributed by atoms with Crippen molar-refractivity contribution in [3.05, 3.63) is 48.0 Å². The van der Waals surface area contributed by atoms with Gasteiger partial charge in [0, 0.05) is 23.4 Å². The van der Waals surface area contributed by atoms with Crippen LogP contribution in [0.2, 0.25) is 0 Å². The van der Waals surface area contributed by atoms with Crippen LogP contribution >= 0.6 is 0 Å². The van der Waals surface area contributed by atoms with Gasteiger partial charge in [-0.2, -0.15) is 4.39 Å². The second-order valence-electron chi connectivity index (χ2n) is 4.09. The number of aromatic nitrogens is 1. The molecule has 1 aromatic carbocycles. The number of hydrogen-bond donors (Lipinski definition) is 0. The molecule has 0 saturated carbocycles. The summed E-state index contributed by atoms with van der Waals surface area (Å²) >= 11 is 0. The van der Waals surface area contributed by atoms with E-state index in [1.807, 2.05) is 0 Å². The van der Waals surface area contributed by atoms with Crippen LogP contribution in [0.25, 0.3) is 11.1 Å². The van der Waals surface area contributed by atoms with Gasteiger partial charge in [0.1, 0.15) is 5.75 Å². The Hall–Kier alpha value is -2.64. The topological polar surface area (TPSA) is 48.4 Å². The smallest absolute Gasteiger partial charge is 0.465 e. The van der Waals surface area contributed by atoms with Crippen molar-refractivity contribution >= 4 is 5.97 Å². The van der Waals surface area contributed by atoms with Gasteiger partial charge in [-0.1, -0.05) is 18.2 Å². The molecule has 0 radical (unpaired) electrons. The first kappa shape index (κ1) is 15.7. The number of pyridine rings is 1. The number of ether oxygens (including phenoxy) is 2. The molecule has 2 aromatic rings. The van der Waals surface area contributed by atoms with Crippen molar-refractivity contribution < 1.29 is 31.8 Å². The third-order valence-electron chi connectivity index (χ3n) is 2.68. The second kappa shape index (κ2) is 6.00. The van der Waals surface area contributed by atoms with Crippen molar-refractivity contribution in [1.29, 1.82) is 0 Å². The Morgan fingerprint density at radius 1 is 1.18 bits per heavy atom. The van der Waals surface area contributed by atoms with Gasteiger partial charge in [0.25, 0.3) is 0 Å². The zero-order valence-corrected chi connectivity index (χ0v) is 11.1. The maximum atomic E-state index is 13.2. The second-order valence-corrected chi connectivity index (χ2v) is 4.09. The van der Waals surface area contributed by atoms with E-state index in [2.05, 4.69) is 14.5 Å². The summed E-state index contributed by atoms with van der Waals surface area (Å²) in [4.78, 5) is 15.0. The lowest BCUT2D eigenvalue weighted by molar-refractivity contribution is -0.274. The normalized spacial score (nSPS) is 11.1. The molecule has 116 valence electrons. The summed E-state index contributed by atoms with van der Waals surface area (Å²) < 4.78 is 58.9. The van der Waals surface area contributed by atoms with E-state index in [1.54, 1.807) is 0 Å². The average Bonchev–Trinajstić information content (AvgIpc) is 2.45. The fourth-order valence-corrected chi connectivity index (χ4v) is 1.83. The van der Waals surface area contributed by atoms with E-state index in [0.717, 1.165) is 25.4 Å². The van der Waals surface area contributed by atoms with Gasteiger partial charge in [-0.25, -0.2) is 9.78 Å². The first-order valence-corrected chi connectivity index (χ1v) is 5.91. The molecule has 0 atom stereocenters. The Kier molecular flexibility index (Phi) is 4.30. The number of benzene rings is 1. The Labute approximate surface area is 122 Å². The zero-order chi connectivity index (χ0) is 16.3. The van der Waals surface area contributed by atoms with Gasteiger partial charge in [-0.05, 0) is 6.07 Å². The molecule has 0 bridgehead atoms. The van der Waals surface area contributed by atoms with Gasteiger partial charge in [0.2, 0.25) is 5.95 Å². The highest BCUT2D eigenvalue weighted by Crippen LogP contribution is 2.35. The lowest BCUT2D eigenvalue weighted by Crippen LogP contribution is -2.18. The van der Waals surface area contributed by atoms with Crippen LogP contribution in [0.5, 0.6) is 5.75 Å². The summed E-state index contributed by atoms with van der Waals surface area (Å²) in [5.41, 5.74) is -0.353. The Morgan fingerprint density at radius 3 is 2.50 bits per heavy atom. The SMILES string of the molecule is COC(=O)c1cc(F)ncc1-c1ccccc1OC(F)(F)F. The van der Waals surface area contributed by atoms with E-state index >= 15 is 0 Å². The van der Waals surface area contributed by atoms with Gasteiger partial charge in [0.05, 0.1) is 12.7 Å². The van der Waals surface area contributed by atoms with Gasteiger partial charge < -0.3 is 9.47 Å². The molecule has 8 heteroatoms. The van der Waals surface area contributed by atoms with Crippen LogP contribution in [-0.4, -0.2) is 24.4 Å². The van der Waals surface area contributed by atoms with E-state index in [4.69, 9.17) is 0 Å². The molecular weight excluding hydrogens is 306 g/mol. The van der Waals surface area contributed by atoms with Gasteiger partial charge in [-0.15, -0.1) is 13.2 Å². The molecule has 2 rings (SSSR count). The maximum Gasteiger partial charge on any atom is 0.573 e. The van der Waals surface area contributed by atoms with Crippen LogP contribution in [0, 0.1) is 5.95 Å². The highest BCUT2D eigenvalue weighted by atomic mass is 19.4. The first-order valence-electron chi connectivity index (χ1n) is 5.91. The summed E-state index contributed by atoms with van der Waals surface area (Å²) in [6.07, 6.45) is -3.96. The molecule has 0 aliphatic heterocycles. The molecule has 4 nitrogen and oxygen atoms in total. The monoisotopic (exact) mass is 315 g/mol. The van der Waals surface area contributed by atoms with Crippen molar-refractivity contribution in [2.45, 2.75) is 6.36 Å². The lowest BCUT2D eigenvalue weighted by atomic mass is 10.0. The van der Waals surface area contributed by atoms with Crippen LogP contribution < -0.4 is 4.74 Å². The Bertz CT molecular complexity index is 701. The average molecular weight is 315 g/mol. The Balaban J connectivity index is 2.60. The van der Waals surface area contributed by atoms with E-state index < -0.39 is 24.0 Å². The maximum absolute atomic E-state index is 13.2. The van der Waals surface area contributed by atoms with Crippen LogP contribution in [0.4, 0.5) is 17.6 Å². The molecule has 0 aliphatic carbocycles. The highest BCUT2D eigenvalue weighted by Gasteiger charge is 2.32. The quantitative estimate of drug-likeness (QED) is 0.493. The number of rotatable bonds is 3. The van der Waals surface area contributed by atoms with Crippen molar-refractivity contribution in [1.82, 2.24) is 4.98 Å². The number of hydrogen-bond acceptors (Lipinski definition) is 4. The minimum Gasteiger partial charge on any atom is -0.465 e. The predicted molar refractivity (Wildman–Crippen MR) is 67.7 cm³/mol. The van der Waals surface area contributed by atoms with E-state index in [-0.39, 0.29) is 16.7 Å². The van der Waals surface area contributed by atoms with Crippen molar-refractivity contribution in [2.24, 2.45) is 0 Å². The number of halogens is 4. The standard InChI is InChI=1S/C14H9F4NO3/c1-21-13(20)9-6-12(15)19-7-10(9)8-4-2-3-5-11(8)22-14(16,17)18/h2-7H,1H3. The van der Waals surface area contributed by atoms with E-state index in [9.17, 15) is 22.4 Å². The first-order chi connectivity index (χ1) is 10.3. The van der Waals surface area contributed by atoms with Crippen LogP contribution in [0.1, 0.15) is 10.4 Å². The molecule has 0 N–H and O–H groups in total. The molecular formula is C14H9F4NO3. The van der Waals surface area contributed by atoms with E-state index in [0.29, 0.717) is 0 Å². The molecule has 22 heavy (non-hydrogen) atoms. The number of nitrogens with zero attached hydrogens (tertiary/aromatic N) is 1. The number of esters is 1. The van der Waals surface area contributed by atoms with Crippen molar-refractivity contribution in [3.63, 3.8) is 0 Å². The lowest BCUT2D eigenvalue weighted by Gasteiger charge is -2.14. The molecule has 1 heterocycles. The number of alkyl halides is 3. The van der Waals surface area contributed by atoms with Crippen LogP contribution in [0.3, 0.4) is 0 Å². The van der Waals surface area contributed by atoms with Crippen molar-refractivity contribution in [2.75, 3.05) is 7.11 Å². The van der Waals surface area contributed by atoms with Crippen molar-refractivity contribution in [3.8, 4) is 16.9 Å². The fraction of sp³-hybridized carbons (Fsp3) is 0.143. The van der Waals surface area contributed by atoms with Gasteiger partial charge in [-0.3, -0.25) is 0 Å². The zero-order valence-electron chi connectivity index (χ0n) is 11.1. The summed E-state index contributed by atoms with van der Waals surface area (Å²) in [5, 5.41) is 0. The summed E-state index contributed by atoms with van der Waals surface area (Å²) in [6.45, 7) is 0. The molecule has 0 fully saturated rings. The number of methoxy groups -OCH3 is 1. The summed E-state index contributed by atoms with van der Waals surface area (Å²) in [6, 6.07) is 5.93. The van der Waals surface area contributed by atoms with Crippen LogP contribution in [0.15, 0.2) is 36.5 Å². The summed E-state index contributed by atoms with van der Waals surface area (Å²) in [5.74, 6) is -2.40. The van der Waals surface area contributed by atoms with Gasteiger partial charge >= 0.3 is 12.3 Å². The Morgan fingerprint density at radius 2 is 1.86 bits per heavy atom. The minimum absolute atomic E-state index is 0.0342. The largest absolute Gasteiger partial charge is 0.573 e. The molecule has 0 amide bonds. The third-order valence-corrected chi connectivity index (χ3v) is 2.68. The number of carbonyl (C=O) groups is 1. The minimum atomic E-state index is -4.91. The molecule has 1 aromatic heterocycles. The van der Waals surface area contributed by atoms with Crippen LogP contribution in [-0.2, 0) is 4.74 Å². The fourth-order valence-electron chi connectivity index (χ4n) is 1.83. The number of carbonyl (C=O) groups excluding carboxylic acids is 1. The van der Waals surface area contributed by atoms with E-state index in [1.165, 1.54) is 18.2 Å². The molecule has 0 unspecified atom stereocenters. The number of para-hydroxylation sites is 1. The summed E-state index contributed by atoms with van der Waals surface area (Å²) in [7, 11) is 1.07. The highest BCUT2D eigenvalue weighted by molar-refractivity contribution is 5.97. The van der Waals surface area contributed by atoms with Gasteiger partial charge in [0.15, 0.2) is 0 Å². The molecule has 0 aliphatic rings. The molecule has 0 saturated heterocycles. The third kappa shape index (κ3) is 3.51. The molecule has 0 spiro atoms.